The topological polar surface area (TPSA) is 68.0 Å². The van der Waals surface area contributed by atoms with Crippen LogP contribution in [0.5, 0.6) is 0 Å². The van der Waals surface area contributed by atoms with Crippen LogP contribution in [0.15, 0.2) is 0 Å². The second-order valence-corrected chi connectivity index (χ2v) is 3.54. The van der Waals surface area contributed by atoms with E-state index in [2.05, 4.69) is 10.4 Å². The van der Waals surface area contributed by atoms with Crippen molar-refractivity contribution in [3.05, 3.63) is 15.6 Å². The highest BCUT2D eigenvalue weighted by molar-refractivity contribution is 7.13. The second kappa shape index (κ2) is 3.64. The van der Waals surface area contributed by atoms with Crippen LogP contribution in [0.4, 0.5) is 0 Å². The van der Waals surface area contributed by atoms with E-state index in [1.54, 1.807) is 0 Å². The molecule has 0 aliphatic heterocycles. The predicted molar refractivity (Wildman–Crippen MR) is 47.9 cm³/mol. The maximum absolute atomic E-state index is 11.1. The van der Waals surface area contributed by atoms with E-state index in [9.17, 15) is 4.79 Å². The van der Waals surface area contributed by atoms with Gasteiger partial charge >= 0.3 is 0 Å². The highest BCUT2D eigenvalue weighted by Crippen LogP contribution is 2.17. The Morgan fingerprint density at radius 1 is 1.75 bits per heavy atom. The van der Waals surface area contributed by atoms with Crippen molar-refractivity contribution >= 4 is 17.2 Å². The summed E-state index contributed by atoms with van der Waals surface area (Å²) in [6.07, 6.45) is 0.757. The van der Waals surface area contributed by atoms with Crippen LogP contribution in [-0.2, 0) is 6.42 Å². The van der Waals surface area contributed by atoms with Crippen LogP contribution in [0.1, 0.15) is 27.3 Å². The minimum atomic E-state index is -0.252. The number of carbonyl (C=O) groups excluding carboxylic acids is 1. The van der Waals surface area contributed by atoms with Crippen LogP contribution in [-0.4, -0.2) is 10.9 Å². The van der Waals surface area contributed by atoms with Crippen molar-refractivity contribution in [1.29, 1.82) is 0 Å². The largest absolute Gasteiger partial charge is 0.289 e. The third kappa shape index (κ3) is 1.62. The summed E-state index contributed by atoms with van der Waals surface area (Å²) in [5.74, 6) is 4.76. The van der Waals surface area contributed by atoms with E-state index < -0.39 is 0 Å². The van der Waals surface area contributed by atoms with Crippen LogP contribution < -0.4 is 11.3 Å². The van der Waals surface area contributed by atoms with E-state index >= 15 is 0 Å². The first kappa shape index (κ1) is 9.15. The van der Waals surface area contributed by atoms with Gasteiger partial charge in [0.15, 0.2) is 0 Å². The number of nitrogens with two attached hydrogens (primary N) is 1. The van der Waals surface area contributed by atoms with Crippen molar-refractivity contribution in [2.45, 2.75) is 20.3 Å². The molecule has 3 N–H and O–H groups in total. The lowest BCUT2D eigenvalue weighted by Gasteiger charge is -1.95. The summed E-state index contributed by atoms with van der Waals surface area (Å²) in [4.78, 5) is 16.0. The van der Waals surface area contributed by atoms with Crippen LogP contribution >= 0.6 is 11.3 Å². The van der Waals surface area contributed by atoms with Crippen LogP contribution in [0, 0.1) is 6.92 Å². The summed E-state index contributed by atoms with van der Waals surface area (Å²) in [6, 6.07) is 0. The SMILES string of the molecule is CCc1nc(C)sc1C(=O)NN. The van der Waals surface area contributed by atoms with Crippen molar-refractivity contribution in [3.63, 3.8) is 0 Å². The molecule has 0 aliphatic carbocycles. The molecular formula is C7H11N3OS. The average molecular weight is 185 g/mol. The Morgan fingerprint density at radius 2 is 2.42 bits per heavy atom. The van der Waals surface area contributed by atoms with Crippen molar-refractivity contribution < 1.29 is 4.79 Å². The van der Waals surface area contributed by atoms with Crippen LogP contribution in [0.25, 0.3) is 0 Å². The minimum Gasteiger partial charge on any atom is -0.289 e. The molecular weight excluding hydrogens is 174 g/mol. The maximum atomic E-state index is 11.1. The van der Waals surface area contributed by atoms with E-state index in [0.29, 0.717) is 4.88 Å². The van der Waals surface area contributed by atoms with Gasteiger partial charge in [-0.2, -0.15) is 0 Å². The van der Waals surface area contributed by atoms with Gasteiger partial charge in [0.05, 0.1) is 10.7 Å². The molecule has 4 nitrogen and oxygen atoms in total. The number of hydrogen-bond acceptors (Lipinski definition) is 4. The molecule has 66 valence electrons. The summed E-state index contributed by atoms with van der Waals surface area (Å²) < 4.78 is 0. The lowest BCUT2D eigenvalue weighted by atomic mass is 10.3. The molecule has 1 amide bonds. The van der Waals surface area contributed by atoms with Crippen LogP contribution in [0.2, 0.25) is 0 Å². The normalized spacial score (nSPS) is 9.92. The smallest absolute Gasteiger partial charge is 0.277 e. The number of hydrogen-bond donors (Lipinski definition) is 2. The monoisotopic (exact) mass is 185 g/mol. The van der Waals surface area contributed by atoms with E-state index in [-0.39, 0.29) is 5.91 Å². The van der Waals surface area contributed by atoms with Crippen molar-refractivity contribution in [1.82, 2.24) is 10.4 Å². The number of hydrazine groups is 1. The molecule has 1 aromatic rings. The Bertz CT molecular complexity index is 295. The summed E-state index contributed by atoms with van der Waals surface area (Å²) >= 11 is 1.37. The third-order valence-electron chi connectivity index (χ3n) is 1.48. The van der Waals surface area contributed by atoms with E-state index in [0.717, 1.165) is 17.1 Å². The van der Waals surface area contributed by atoms with Gasteiger partial charge in [-0.15, -0.1) is 11.3 Å². The second-order valence-electron chi connectivity index (χ2n) is 2.34. The molecule has 0 unspecified atom stereocenters. The van der Waals surface area contributed by atoms with Crippen LogP contribution in [0.3, 0.4) is 0 Å². The van der Waals surface area contributed by atoms with Crippen molar-refractivity contribution in [2.75, 3.05) is 0 Å². The third-order valence-corrected chi connectivity index (χ3v) is 2.49. The van der Waals surface area contributed by atoms with Gasteiger partial charge in [0.1, 0.15) is 4.88 Å². The lowest BCUT2D eigenvalue weighted by Crippen LogP contribution is -2.30. The first-order chi connectivity index (χ1) is 5.69. The van der Waals surface area contributed by atoms with E-state index in [1.807, 2.05) is 13.8 Å². The van der Waals surface area contributed by atoms with Crippen molar-refractivity contribution in [2.24, 2.45) is 5.84 Å². The van der Waals surface area contributed by atoms with E-state index in [4.69, 9.17) is 5.84 Å². The molecule has 0 atom stereocenters. The molecule has 12 heavy (non-hydrogen) atoms. The molecule has 0 aliphatic rings. The Kier molecular flexibility index (Phi) is 2.78. The quantitative estimate of drug-likeness (QED) is 0.403. The first-order valence-electron chi connectivity index (χ1n) is 3.66. The number of aromatic nitrogens is 1. The molecule has 0 aromatic carbocycles. The number of carbonyl (C=O) groups is 1. The lowest BCUT2D eigenvalue weighted by molar-refractivity contribution is 0.0956. The predicted octanol–water partition coefficient (Wildman–Crippen LogP) is 0.617. The zero-order valence-corrected chi connectivity index (χ0v) is 7.86. The minimum absolute atomic E-state index is 0.252. The summed E-state index contributed by atoms with van der Waals surface area (Å²) in [6.45, 7) is 3.83. The Balaban J connectivity index is 3.04. The summed E-state index contributed by atoms with van der Waals surface area (Å²) in [7, 11) is 0. The van der Waals surface area contributed by atoms with Gasteiger partial charge in [-0.3, -0.25) is 10.2 Å². The number of amides is 1. The Labute approximate surface area is 74.8 Å². The van der Waals surface area contributed by atoms with Crippen molar-refractivity contribution in [3.8, 4) is 0 Å². The standard InChI is InChI=1S/C7H11N3OS/c1-3-5-6(7(11)10-8)12-4(2)9-5/h3,8H2,1-2H3,(H,10,11). The van der Waals surface area contributed by atoms with Gasteiger partial charge in [-0.25, -0.2) is 10.8 Å². The maximum Gasteiger partial charge on any atom is 0.277 e. The Morgan fingerprint density at radius 3 is 2.92 bits per heavy atom. The molecule has 0 spiro atoms. The van der Waals surface area contributed by atoms with Gasteiger partial charge in [-0.1, -0.05) is 6.92 Å². The number of nitrogens with one attached hydrogen (secondary N) is 1. The summed E-state index contributed by atoms with van der Waals surface area (Å²) in [5.41, 5.74) is 2.92. The molecule has 0 radical (unpaired) electrons. The van der Waals surface area contributed by atoms with Gasteiger partial charge in [0, 0.05) is 0 Å². The van der Waals surface area contributed by atoms with Gasteiger partial charge in [0.25, 0.3) is 5.91 Å². The van der Waals surface area contributed by atoms with E-state index in [1.165, 1.54) is 11.3 Å². The van der Waals surface area contributed by atoms with Gasteiger partial charge < -0.3 is 0 Å². The fourth-order valence-electron chi connectivity index (χ4n) is 0.953. The van der Waals surface area contributed by atoms with Gasteiger partial charge in [0.2, 0.25) is 0 Å². The molecule has 1 aromatic heterocycles. The molecule has 1 rings (SSSR count). The first-order valence-corrected chi connectivity index (χ1v) is 4.48. The zero-order chi connectivity index (χ0) is 9.14. The molecule has 1 heterocycles. The Hall–Kier alpha value is -0.940. The molecule has 5 heteroatoms. The molecule has 0 bridgehead atoms. The fourth-order valence-corrected chi connectivity index (χ4v) is 1.86. The highest BCUT2D eigenvalue weighted by Gasteiger charge is 2.13. The number of nitrogen functional groups attached to an aromatic ring is 1. The fraction of sp³-hybridized carbons (Fsp3) is 0.429. The number of thiazole rings is 1. The number of rotatable bonds is 2. The number of nitrogens with zero attached hydrogens (tertiary/aromatic N) is 1. The zero-order valence-electron chi connectivity index (χ0n) is 7.05. The summed E-state index contributed by atoms with van der Waals surface area (Å²) in [5, 5.41) is 0.894. The number of aryl methyl sites for hydroxylation is 2. The molecule has 0 saturated carbocycles. The molecule has 0 fully saturated rings. The molecule has 0 saturated heterocycles. The van der Waals surface area contributed by atoms with Gasteiger partial charge in [-0.05, 0) is 13.3 Å². The average Bonchev–Trinajstić information content (AvgIpc) is 2.45. The highest BCUT2D eigenvalue weighted by atomic mass is 32.1.